The zero-order valence-electron chi connectivity index (χ0n) is 14.3. The minimum atomic E-state index is -5.11. The number of aromatic hydroxyl groups is 2. The van der Waals surface area contributed by atoms with E-state index in [1.807, 2.05) is 0 Å². The molecule has 0 aromatic heterocycles. The molecule has 0 saturated heterocycles. The molecule has 3 aromatic carbocycles. The molecule has 3 N–H and O–H groups in total. The molecule has 0 aliphatic rings. The molecular weight excluding hydrogens is 482 g/mol. The fourth-order valence-electron chi connectivity index (χ4n) is 3.21. The van der Waals surface area contributed by atoms with E-state index in [0.717, 1.165) is 6.07 Å². The summed E-state index contributed by atoms with van der Waals surface area (Å²) in [5.74, 6) is -0.943. The summed E-state index contributed by atoms with van der Waals surface area (Å²) in [6.07, 6.45) is 0. The Hall–Kier alpha value is -1.67. The van der Waals surface area contributed by atoms with E-state index in [9.17, 15) is 23.2 Å². The van der Waals surface area contributed by atoms with Crippen LogP contribution in [0.25, 0.3) is 0 Å². The number of hydrogen-bond donors (Lipinski definition) is 3. The summed E-state index contributed by atoms with van der Waals surface area (Å²) in [5, 5.41) is 19.7. The van der Waals surface area contributed by atoms with Crippen LogP contribution in [-0.4, -0.2) is 23.2 Å². The highest BCUT2D eigenvalue weighted by molar-refractivity contribution is 7.87. The second kappa shape index (κ2) is 7.87. The fourth-order valence-corrected chi connectivity index (χ4v) is 5.56. The van der Waals surface area contributed by atoms with Gasteiger partial charge in [-0.2, -0.15) is 8.42 Å². The molecule has 29 heavy (non-hydrogen) atoms. The van der Waals surface area contributed by atoms with Crippen molar-refractivity contribution in [1.82, 2.24) is 0 Å². The van der Waals surface area contributed by atoms with Crippen molar-refractivity contribution in [3.63, 3.8) is 0 Å². The van der Waals surface area contributed by atoms with Crippen LogP contribution >= 0.6 is 46.4 Å². The van der Waals surface area contributed by atoms with Crippen LogP contribution < -0.4 is 0 Å². The molecule has 0 bridgehead atoms. The lowest BCUT2D eigenvalue weighted by molar-refractivity contribution is 0.455. The Kier molecular flexibility index (Phi) is 5.98. The van der Waals surface area contributed by atoms with Gasteiger partial charge in [-0.25, -0.2) is 0 Å². The van der Waals surface area contributed by atoms with Gasteiger partial charge in [-0.05, 0) is 29.8 Å². The molecule has 0 radical (unpaired) electrons. The number of hydrogen-bond acceptors (Lipinski definition) is 4. The van der Waals surface area contributed by atoms with Gasteiger partial charge in [0, 0.05) is 27.2 Å². The van der Waals surface area contributed by atoms with E-state index in [0.29, 0.717) is 0 Å². The van der Waals surface area contributed by atoms with Crippen LogP contribution in [0, 0.1) is 0 Å². The molecule has 0 fully saturated rings. The molecule has 0 amide bonds. The molecule has 0 saturated carbocycles. The van der Waals surface area contributed by atoms with Crippen molar-refractivity contribution >= 4 is 56.5 Å². The predicted molar refractivity (Wildman–Crippen MR) is 114 cm³/mol. The van der Waals surface area contributed by atoms with Gasteiger partial charge in [0.1, 0.15) is 11.5 Å². The van der Waals surface area contributed by atoms with Crippen molar-refractivity contribution in [3.8, 4) is 11.5 Å². The standard InChI is InChI=1S/C19H12Cl4O5S/c20-11-4-1-3-10(7-11)19(29(26,27)28,13-5-2-6-15(24)17(13)22)14-8-12(21)9-16(25)18(14)23/h1-9,24-25H,(H,26,27,28). The molecule has 0 aliphatic carbocycles. The Morgan fingerprint density at radius 3 is 1.97 bits per heavy atom. The van der Waals surface area contributed by atoms with E-state index in [4.69, 9.17) is 46.4 Å². The normalized spacial score (nSPS) is 13.8. The van der Waals surface area contributed by atoms with Crippen molar-refractivity contribution in [2.45, 2.75) is 4.75 Å². The van der Waals surface area contributed by atoms with Crippen LogP contribution in [0.4, 0.5) is 0 Å². The summed E-state index contributed by atoms with van der Waals surface area (Å²) in [5.41, 5.74) is -0.530. The summed E-state index contributed by atoms with van der Waals surface area (Å²) < 4.78 is 34.0. The van der Waals surface area contributed by atoms with Crippen molar-refractivity contribution in [1.29, 1.82) is 0 Å². The van der Waals surface area contributed by atoms with E-state index in [2.05, 4.69) is 0 Å². The van der Waals surface area contributed by atoms with Gasteiger partial charge in [0.05, 0.1) is 10.0 Å². The van der Waals surface area contributed by atoms with Crippen molar-refractivity contribution in [2.24, 2.45) is 0 Å². The third-order valence-electron chi connectivity index (χ3n) is 4.37. The summed E-state index contributed by atoms with van der Waals surface area (Å²) in [7, 11) is -5.11. The summed E-state index contributed by atoms with van der Waals surface area (Å²) >= 11 is 24.7. The van der Waals surface area contributed by atoms with Gasteiger partial charge in [0.2, 0.25) is 0 Å². The number of halogens is 4. The van der Waals surface area contributed by atoms with Gasteiger partial charge in [0.25, 0.3) is 10.1 Å². The highest BCUT2D eigenvalue weighted by Gasteiger charge is 2.51. The lowest BCUT2D eigenvalue weighted by atomic mass is 9.83. The topological polar surface area (TPSA) is 94.8 Å². The van der Waals surface area contributed by atoms with Crippen LogP contribution in [0.1, 0.15) is 16.7 Å². The van der Waals surface area contributed by atoms with Crippen LogP contribution in [-0.2, 0) is 14.9 Å². The quantitative estimate of drug-likeness (QED) is 0.311. The Morgan fingerprint density at radius 1 is 0.724 bits per heavy atom. The third-order valence-corrected chi connectivity index (χ3v) is 7.07. The van der Waals surface area contributed by atoms with Crippen LogP contribution in [0.5, 0.6) is 11.5 Å². The number of phenols is 2. The Morgan fingerprint density at radius 2 is 1.34 bits per heavy atom. The first kappa shape index (κ1) is 22.0. The lowest BCUT2D eigenvalue weighted by Crippen LogP contribution is -2.39. The lowest BCUT2D eigenvalue weighted by Gasteiger charge is -2.34. The first-order valence-corrected chi connectivity index (χ1v) is 10.8. The van der Waals surface area contributed by atoms with E-state index >= 15 is 0 Å². The zero-order valence-corrected chi connectivity index (χ0v) is 18.1. The van der Waals surface area contributed by atoms with E-state index < -0.39 is 26.4 Å². The Balaban J connectivity index is 2.65. The third kappa shape index (κ3) is 3.65. The largest absolute Gasteiger partial charge is 0.506 e. The van der Waals surface area contributed by atoms with Crippen LogP contribution in [0.2, 0.25) is 20.1 Å². The summed E-state index contributed by atoms with van der Waals surface area (Å²) in [6, 6.07) is 11.8. The average Bonchev–Trinajstić information content (AvgIpc) is 2.62. The average molecular weight is 494 g/mol. The maximum absolute atomic E-state index is 13.0. The maximum Gasteiger partial charge on any atom is 0.283 e. The second-order valence-electron chi connectivity index (χ2n) is 6.09. The number of benzene rings is 3. The van der Waals surface area contributed by atoms with E-state index in [-0.39, 0.29) is 36.8 Å². The van der Waals surface area contributed by atoms with Gasteiger partial charge in [0.15, 0.2) is 4.75 Å². The minimum absolute atomic E-state index is 0.0384. The van der Waals surface area contributed by atoms with Gasteiger partial charge >= 0.3 is 0 Å². The monoisotopic (exact) mass is 492 g/mol. The van der Waals surface area contributed by atoms with Crippen molar-refractivity contribution < 1.29 is 23.2 Å². The maximum atomic E-state index is 13.0. The fraction of sp³-hybridized carbons (Fsp3) is 0.0526. The van der Waals surface area contributed by atoms with Crippen LogP contribution in [0.15, 0.2) is 54.6 Å². The molecule has 5 nitrogen and oxygen atoms in total. The first-order chi connectivity index (χ1) is 13.5. The molecular formula is C19H12Cl4O5S. The Bertz CT molecular complexity index is 1210. The van der Waals surface area contributed by atoms with E-state index in [1.165, 1.54) is 48.5 Å². The first-order valence-electron chi connectivity index (χ1n) is 7.89. The van der Waals surface area contributed by atoms with Gasteiger partial charge in [-0.15, -0.1) is 0 Å². The highest BCUT2D eigenvalue weighted by atomic mass is 35.5. The molecule has 10 heteroatoms. The SMILES string of the molecule is O=S(=O)(O)C(c1cccc(Cl)c1)(c1cccc(O)c1Cl)c1cc(Cl)cc(O)c1Cl. The summed E-state index contributed by atoms with van der Waals surface area (Å²) in [4.78, 5) is 0. The Labute approximate surface area is 186 Å². The van der Waals surface area contributed by atoms with Gasteiger partial charge in [-0.3, -0.25) is 4.55 Å². The smallest absolute Gasteiger partial charge is 0.283 e. The zero-order chi connectivity index (χ0) is 21.6. The predicted octanol–water partition coefficient (Wildman–Crippen LogP) is 5.89. The molecule has 1 atom stereocenters. The van der Waals surface area contributed by atoms with Gasteiger partial charge < -0.3 is 10.2 Å². The van der Waals surface area contributed by atoms with Crippen molar-refractivity contribution in [3.05, 3.63) is 91.4 Å². The summed E-state index contributed by atoms with van der Waals surface area (Å²) in [6.45, 7) is 0. The molecule has 152 valence electrons. The van der Waals surface area contributed by atoms with Gasteiger partial charge in [-0.1, -0.05) is 70.7 Å². The van der Waals surface area contributed by atoms with Crippen LogP contribution in [0.3, 0.4) is 0 Å². The molecule has 3 rings (SSSR count). The molecule has 1 unspecified atom stereocenters. The highest BCUT2D eigenvalue weighted by Crippen LogP contribution is 2.52. The number of rotatable bonds is 4. The minimum Gasteiger partial charge on any atom is -0.506 e. The second-order valence-corrected chi connectivity index (χ2v) is 9.28. The van der Waals surface area contributed by atoms with Crippen molar-refractivity contribution in [2.75, 3.05) is 0 Å². The van der Waals surface area contributed by atoms with E-state index in [1.54, 1.807) is 0 Å². The number of phenolic OH excluding ortho intramolecular Hbond substituents is 2. The molecule has 0 heterocycles. The molecule has 3 aromatic rings. The molecule has 0 spiro atoms. The molecule has 0 aliphatic heterocycles.